The van der Waals surface area contributed by atoms with E-state index in [9.17, 15) is 4.79 Å². The minimum atomic E-state index is 0.102. The highest BCUT2D eigenvalue weighted by molar-refractivity contribution is 5.51. The Morgan fingerprint density at radius 2 is 2.38 bits per heavy atom. The van der Waals surface area contributed by atoms with E-state index >= 15 is 0 Å². The Bertz CT molecular complexity index is 290. The molecule has 1 fully saturated rings. The molecule has 1 aliphatic carbocycles. The predicted molar refractivity (Wildman–Crippen MR) is 47.8 cm³/mol. The van der Waals surface area contributed by atoms with Gasteiger partial charge in [0, 0.05) is 11.6 Å². The topological polar surface area (TPSA) is 39.2 Å². The molecule has 1 heterocycles. The van der Waals surface area contributed by atoms with Gasteiger partial charge in [-0.3, -0.25) is 9.78 Å². The van der Waals surface area contributed by atoms with Crippen molar-refractivity contribution in [3.8, 4) is 5.75 Å². The number of nitrogens with zero attached hydrogens (tertiary/aromatic N) is 1. The minimum Gasteiger partial charge on any atom is -0.485 e. The summed E-state index contributed by atoms with van der Waals surface area (Å²) in [4.78, 5) is 14.3. The Hall–Kier alpha value is -1.38. The van der Waals surface area contributed by atoms with E-state index in [1.54, 1.807) is 6.20 Å². The standard InChI is InChI=1S/C10H11NO2/c12-5-6-13-9-3-4-10(11-7-9)8-1-2-8/h3-5,7-8H,1-2,6H2. The van der Waals surface area contributed by atoms with Crippen LogP contribution in [0.2, 0.25) is 0 Å². The highest BCUT2D eigenvalue weighted by atomic mass is 16.5. The summed E-state index contributed by atoms with van der Waals surface area (Å²) in [6, 6.07) is 3.84. The summed E-state index contributed by atoms with van der Waals surface area (Å²) in [6.45, 7) is 0.102. The van der Waals surface area contributed by atoms with Crippen molar-refractivity contribution in [2.24, 2.45) is 0 Å². The zero-order chi connectivity index (χ0) is 9.10. The Morgan fingerprint density at radius 3 is 2.92 bits per heavy atom. The average Bonchev–Trinajstić information content (AvgIpc) is 2.99. The average molecular weight is 177 g/mol. The molecule has 0 atom stereocenters. The molecule has 3 heteroatoms. The minimum absolute atomic E-state index is 0.102. The molecule has 3 nitrogen and oxygen atoms in total. The number of rotatable bonds is 4. The molecule has 0 radical (unpaired) electrons. The summed E-state index contributed by atoms with van der Waals surface area (Å²) in [6.07, 6.45) is 4.91. The maximum absolute atomic E-state index is 10.0. The maximum atomic E-state index is 10.0. The lowest BCUT2D eigenvalue weighted by atomic mass is 10.2. The van der Waals surface area contributed by atoms with Crippen LogP contribution in [0.3, 0.4) is 0 Å². The van der Waals surface area contributed by atoms with E-state index in [0.29, 0.717) is 11.7 Å². The van der Waals surface area contributed by atoms with Crippen molar-refractivity contribution >= 4 is 6.29 Å². The largest absolute Gasteiger partial charge is 0.485 e. The van der Waals surface area contributed by atoms with Crippen LogP contribution < -0.4 is 4.74 Å². The lowest BCUT2D eigenvalue weighted by Crippen LogP contribution is -1.98. The van der Waals surface area contributed by atoms with Crippen molar-refractivity contribution in [1.29, 1.82) is 0 Å². The van der Waals surface area contributed by atoms with Crippen molar-refractivity contribution < 1.29 is 9.53 Å². The van der Waals surface area contributed by atoms with Crippen LogP contribution in [0.4, 0.5) is 0 Å². The van der Waals surface area contributed by atoms with Gasteiger partial charge in [-0.2, -0.15) is 0 Å². The number of ether oxygens (including phenoxy) is 1. The summed E-state index contributed by atoms with van der Waals surface area (Å²) in [5.41, 5.74) is 1.14. The van der Waals surface area contributed by atoms with E-state index < -0.39 is 0 Å². The van der Waals surface area contributed by atoms with E-state index in [1.807, 2.05) is 12.1 Å². The molecule has 0 spiro atoms. The van der Waals surface area contributed by atoms with Gasteiger partial charge in [0.1, 0.15) is 12.4 Å². The molecule has 68 valence electrons. The SMILES string of the molecule is O=CCOc1ccc(C2CC2)nc1. The predicted octanol–water partition coefficient (Wildman–Crippen LogP) is 1.54. The van der Waals surface area contributed by atoms with Crippen LogP contribution in [0.5, 0.6) is 5.75 Å². The van der Waals surface area contributed by atoms with Gasteiger partial charge in [0.25, 0.3) is 0 Å². The zero-order valence-electron chi connectivity index (χ0n) is 7.27. The van der Waals surface area contributed by atoms with Crippen LogP contribution in [0, 0.1) is 0 Å². The number of pyridine rings is 1. The van der Waals surface area contributed by atoms with E-state index in [-0.39, 0.29) is 6.61 Å². The highest BCUT2D eigenvalue weighted by Gasteiger charge is 2.24. The first-order chi connectivity index (χ1) is 6.40. The van der Waals surface area contributed by atoms with E-state index in [4.69, 9.17) is 4.74 Å². The molecule has 1 saturated carbocycles. The van der Waals surface area contributed by atoms with E-state index in [0.717, 1.165) is 12.0 Å². The summed E-state index contributed by atoms with van der Waals surface area (Å²) < 4.78 is 5.08. The quantitative estimate of drug-likeness (QED) is 0.655. The molecule has 0 bridgehead atoms. The molecule has 2 rings (SSSR count). The molecular weight excluding hydrogens is 166 g/mol. The second kappa shape index (κ2) is 3.56. The molecule has 0 aromatic carbocycles. The molecule has 0 unspecified atom stereocenters. The summed E-state index contributed by atoms with van der Waals surface area (Å²) in [7, 11) is 0. The maximum Gasteiger partial charge on any atom is 0.157 e. The van der Waals surface area contributed by atoms with Gasteiger partial charge in [0.05, 0.1) is 6.20 Å². The molecule has 13 heavy (non-hydrogen) atoms. The Kier molecular flexibility index (Phi) is 2.25. The summed E-state index contributed by atoms with van der Waals surface area (Å²) in [5.74, 6) is 1.33. The third kappa shape index (κ3) is 2.05. The molecule has 0 N–H and O–H groups in total. The second-order valence-electron chi connectivity index (χ2n) is 3.17. The first-order valence-corrected chi connectivity index (χ1v) is 4.42. The van der Waals surface area contributed by atoms with E-state index in [1.165, 1.54) is 12.8 Å². The fraction of sp³-hybridized carbons (Fsp3) is 0.400. The van der Waals surface area contributed by atoms with Gasteiger partial charge < -0.3 is 4.74 Å². The third-order valence-corrected chi connectivity index (χ3v) is 2.07. The molecule has 0 amide bonds. The van der Waals surface area contributed by atoms with Crippen molar-refractivity contribution in [2.75, 3.05) is 6.61 Å². The molecule has 1 aromatic rings. The van der Waals surface area contributed by atoms with Crippen LogP contribution >= 0.6 is 0 Å². The molecular formula is C10H11NO2. The lowest BCUT2D eigenvalue weighted by Gasteiger charge is -2.01. The van der Waals surface area contributed by atoms with Crippen LogP contribution in [0.15, 0.2) is 18.3 Å². The number of hydrogen-bond acceptors (Lipinski definition) is 3. The molecule has 1 aliphatic rings. The van der Waals surface area contributed by atoms with Crippen molar-refractivity contribution in [3.05, 3.63) is 24.0 Å². The van der Waals surface area contributed by atoms with Crippen LogP contribution in [0.1, 0.15) is 24.5 Å². The fourth-order valence-electron chi connectivity index (χ4n) is 1.23. The number of aromatic nitrogens is 1. The highest BCUT2D eigenvalue weighted by Crippen LogP contribution is 2.38. The monoisotopic (exact) mass is 177 g/mol. The number of hydrogen-bond donors (Lipinski definition) is 0. The Labute approximate surface area is 76.7 Å². The van der Waals surface area contributed by atoms with Crippen molar-refractivity contribution in [3.63, 3.8) is 0 Å². The smallest absolute Gasteiger partial charge is 0.157 e. The van der Waals surface area contributed by atoms with Gasteiger partial charge in [0.15, 0.2) is 6.29 Å². The number of carbonyl (C=O) groups excluding carboxylic acids is 1. The lowest BCUT2D eigenvalue weighted by molar-refractivity contribution is -0.109. The fourth-order valence-corrected chi connectivity index (χ4v) is 1.23. The van der Waals surface area contributed by atoms with Gasteiger partial charge in [-0.15, -0.1) is 0 Å². The van der Waals surface area contributed by atoms with Gasteiger partial charge in [-0.1, -0.05) is 0 Å². The van der Waals surface area contributed by atoms with Crippen LogP contribution in [0.25, 0.3) is 0 Å². The first kappa shape index (κ1) is 8.23. The summed E-state index contributed by atoms with van der Waals surface area (Å²) in [5, 5.41) is 0. The normalized spacial score (nSPS) is 15.4. The van der Waals surface area contributed by atoms with Crippen molar-refractivity contribution in [2.45, 2.75) is 18.8 Å². The Morgan fingerprint density at radius 1 is 1.54 bits per heavy atom. The molecule has 0 saturated heterocycles. The van der Waals surface area contributed by atoms with Gasteiger partial charge in [-0.05, 0) is 25.0 Å². The molecule has 1 aromatic heterocycles. The van der Waals surface area contributed by atoms with Crippen LogP contribution in [-0.4, -0.2) is 17.9 Å². The van der Waals surface area contributed by atoms with E-state index in [2.05, 4.69) is 4.98 Å². The second-order valence-corrected chi connectivity index (χ2v) is 3.17. The van der Waals surface area contributed by atoms with Gasteiger partial charge >= 0.3 is 0 Å². The first-order valence-electron chi connectivity index (χ1n) is 4.42. The zero-order valence-corrected chi connectivity index (χ0v) is 7.27. The third-order valence-electron chi connectivity index (χ3n) is 2.07. The number of aldehydes is 1. The number of carbonyl (C=O) groups is 1. The Balaban J connectivity index is 2.00. The molecule has 0 aliphatic heterocycles. The van der Waals surface area contributed by atoms with Gasteiger partial charge in [-0.25, -0.2) is 0 Å². The summed E-state index contributed by atoms with van der Waals surface area (Å²) >= 11 is 0. The van der Waals surface area contributed by atoms with Crippen LogP contribution in [-0.2, 0) is 4.79 Å². The van der Waals surface area contributed by atoms with Crippen molar-refractivity contribution in [1.82, 2.24) is 4.98 Å². The van der Waals surface area contributed by atoms with Gasteiger partial charge in [0.2, 0.25) is 0 Å².